The molecule has 3 aromatic rings. The van der Waals surface area contributed by atoms with Gasteiger partial charge < -0.3 is 10.1 Å². The van der Waals surface area contributed by atoms with Crippen molar-refractivity contribution in [3.8, 4) is 15.6 Å². The molecule has 0 saturated heterocycles. The van der Waals surface area contributed by atoms with Gasteiger partial charge in [-0.2, -0.15) is 0 Å². The number of carbonyl (C=O) groups is 1. The van der Waals surface area contributed by atoms with Crippen LogP contribution in [0.5, 0.6) is 5.75 Å². The van der Waals surface area contributed by atoms with Gasteiger partial charge in [-0.05, 0) is 47.9 Å². The van der Waals surface area contributed by atoms with E-state index in [-0.39, 0.29) is 11.9 Å². The van der Waals surface area contributed by atoms with Crippen molar-refractivity contribution >= 4 is 28.6 Å². The second kappa shape index (κ2) is 6.98. The third-order valence-electron chi connectivity index (χ3n) is 4.32. The van der Waals surface area contributed by atoms with Crippen LogP contribution >= 0.6 is 22.7 Å². The quantitative estimate of drug-likeness (QED) is 0.680. The lowest BCUT2D eigenvalue weighted by Crippen LogP contribution is -2.29. The van der Waals surface area contributed by atoms with Gasteiger partial charge in [-0.15, -0.1) is 22.7 Å². The van der Waals surface area contributed by atoms with Crippen LogP contribution in [-0.2, 0) is 0 Å². The molecule has 1 fully saturated rings. The first-order chi connectivity index (χ1) is 12.2. The number of thiophene rings is 1. The topological polar surface area (TPSA) is 51.2 Å². The Morgan fingerprint density at radius 2 is 2.08 bits per heavy atom. The average molecular weight is 370 g/mol. The number of thiazole rings is 1. The zero-order valence-electron chi connectivity index (χ0n) is 13.8. The highest BCUT2D eigenvalue weighted by atomic mass is 32.1. The third-order valence-corrected chi connectivity index (χ3v) is 6.35. The predicted molar refractivity (Wildman–Crippen MR) is 101 cm³/mol. The molecule has 4 nitrogen and oxygen atoms in total. The van der Waals surface area contributed by atoms with Gasteiger partial charge in [0.05, 0.1) is 24.2 Å². The molecule has 0 spiro atoms. The minimum Gasteiger partial charge on any atom is -0.497 e. The van der Waals surface area contributed by atoms with Gasteiger partial charge in [0.1, 0.15) is 15.6 Å². The number of nitrogens with one attached hydrogen (secondary N) is 1. The Labute approximate surface area is 154 Å². The fourth-order valence-electron chi connectivity index (χ4n) is 2.82. The average Bonchev–Trinajstić information content (AvgIpc) is 3.13. The van der Waals surface area contributed by atoms with Crippen molar-refractivity contribution in [2.45, 2.75) is 18.9 Å². The third kappa shape index (κ3) is 3.60. The van der Waals surface area contributed by atoms with Gasteiger partial charge in [0.15, 0.2) is 0 Å². The molecule has 1 N–H and O–H groups in total. The number of carbonyl (C=O) groups excluding carboxylic acids is 1. The van der Waals surface area contributed by atoms with Crippen molar-refractivity contribution in [3.63, 3.8) is 0 Å². The normalized spacial score (nSPS) is 14.9. The van der Waals surface area contributed by atoms with Gasteiger partial charge in [-0.3, -0.25) is 4.79 Å². The number of nitrogens with zero attached hydrogens (tertiary/aromatic N) is 1. The standard InChI is InChI=1S/C19H18N2O2S2/c1-23-14-8-6-13(7-9-14)17(12-4-5-12)21-18(22)16-11-20-19(25-16)15-3-2-10-24-15/h2-3,6-12,17H,4-5H2,1H3,(H,21,22). The molecule has 1 amide bonds. The van der Waals surface area contributed by atoms with Crippen LogP contribution < -0.4 is 10.1 Å². The first-order valence-corrected chi connectivity index (χ1v) is 9.89. The fourth-order valence-corrected chi connectivity index (χ4v) is 4.44. The van der Waals surface area contributed by atoms with E-state index in [1.165, 1.54) is 11.3 Å². The molecule has 128 valence electrons. The molecule has 2 heterocycles. The first kappa shape index (κ1) is 16.3. The van der Waals surface area contributed by atoms with E-state index in [0.717, 1.165) is 34.0 Å². The summed E-state index contributed by atoms with van der Waals surface area (Å²) in [6.07, 6.45) is 3.98. The van der Waals surface area contributed by atoms with Crippen molar-refractivity contribution in [1.29, 1.82) is 0 Å². The number of hydrogen-bond donors (Lipinski definition) is 1. The van der Waals surface area contributed by atoms with Crippen LogP contribution in [0.15, 0.2) is 48.0 Å². The van der Waals surface area contributed by atoms with Crippen LogP contribution in [0.25, 0.3) is 9.88 Å². The SMILES string of the molecule is COc1ccc(C(NC(=O)c2cnc(-c3cccs3)s2)C2CC2)cc1. The van der Waals surface area contributed by atoms with E-state index in [1.807, 2.05) is 41.8 Å². The summed E-state index contributed by atoms with van der Waals surface area (Å²) in [7, 11) is 1.66. The maximum Gasteiger partial charge on any atom is 0.263 e. The summed E-state index contributed by atoms with van der Waals surface area (Å²) in [5, 5.41) is 6.11. The van der Waals surface area contributed by atoms with Crippen LogP contribution in [-0.4, -0.2) is 18.0 Å². The summed E-state index contributed by atoms with van der Waals surface area (Å²) in [5.41, 5.74) is 1.12. The molecule has 1 unspecified atom stereocenters. The zero-order valence-corrected chi connectivity index (χ0v) is 15.4. The zero-order chi connectivity index (χ0) is 17.2. The predicted octanol–water partition coefficient (Wildman–Crippen LogP) is 4.76. The molecule has 0 radical (unpaired) electrons. The van der Waals surface area contributed by atoms with Crippen molar-refractivity contribution in [2.24, 2.45) is 5.92 Å². The Morgan fingerprint density at radius 1 is 1.28 bits per heavy atom. The molecule has 1 saturated carbocycles. The largest absolute Gasteiger partial charge is 0.497 e. The van der Waals surface area contributed by atoms with Crippen LogP contribution in [0, 0.1) is 5.92 Å². The van der Waals surface area contributed by atoms with Gasteiger partial charge in [-0.25, -0.2) is 4.98 Å². The molecule has 1 aliphatic carbocycles. The molecule has 2 aromatic heterocycles. The number of methoxy groups -OCH3 is 1. The second-order valence-electron chi connectivity index (χ2n) is 6.07. The van der Waals surface area contributed by atoms with E-state index < -0.39 is 0 Å². The molecule has 1 aliphatic rings. The Bertz CT molecular complexity index is 852. The number of ether oxygens (including phenoxy) is 1. The molecule has 0 aliphatic heterocycles. The molecule has 6 heteroatoms. The summed E-state index contributed by atoms with van der Waals surface area (Å²) in [6.45, 7) is 0. The van der Waals surface area contributed by atoms with Crippen LogP contribution in [0.3, 0.4) is 0 Å². The molecule has 0 bridgehead atoms. The maximum atomic E-state index is 12.7. The highest BCUT2D eigenvalue weighted by molar-refractivity contribution is 7.21. The van der Waals surface area contributed by atoms with Crippen molar-refractivity contribution in [2.75, 3.05) is 7.11 Å². The van der Waals surface area contributed by atoms with Gasteiger partial charge in [-0.1, -0.05) is 18.2 Å². The van der Waals surface area contributed by atoms with E-state index in [9.17, 15) is 4.79 Å². The molecule has 1 aromatic carbocycles. The van der Waals surface area contributed by atoms with Gasteiger partial charge in [0, 0.05) is 0 Å². The molecular weight excluding hydrogens is 352 g/mol. The first-order valence-electron chi connectivity index (χ1n) is 8.19. The molecule has 25 heavy (non-hydrogen) atoms. The smallest absolute Gasteiger partial charge is 0.263 e. The minimum absolute atomic E-state index is 0.0469. The summed E-state index contributed by atoms with van der Waals surface area (Å²) in [4.78, 5) is 18.8. The summed E-state index contributed by atoms with van der Waals surface area (Å²) >= 11 is 3.08. The minimum atomic E-state index is -0.0481. The van der Waals surface area contributed by atoms with Gasteiger partial charge >= 0.3 is 0 Å². The van der Waals surface area contributed by atoms with Crippen molar-refractivity contribution in [3.05, 3.63) is 58.4 Å². The van der Waals surface area contributed by atoms with E-state index in [4.69, 9.17) is 4.74 Å². The number of hydrogen-bond acceptors (Lipinski definition) is 5. The van der Waals surface area contributed by atoms with E-state index in [2.05, 4.69) is 10.3 Å². The Morgan fingerprint density at radius 3 is 2.72 bits per heavy atom. The molecule has 4 rings (SSSR count). The number of benzene rings is 1. The van der Waals surface area contributed by atoms with E-state index in [0.29, 0.717) is 10.8 Å². The maximum absolute atomic E-state index is 12.7. The monoisotopic (exact) mass is 370 g/mol. The Kier molecular flexibility index (Phi) is 4.55. The molecular formula is C19H18N2O2S2. The van der Waals surface area contributed by atoms with Crippen molar-refractivity contribution < 1.29 is 9.53 Å². The summed E-state index contributed by atoms with van der Waals surface area (Å²) in [6, 6.07) is 12.0. The summed E-state index contributed by atoms with van der Waals surface area (Å²) in [5.74, 6) is 1.29. The number of amides is 1. The number of rotatable bonds is 6. The van der Waals surface area contributed by atoms with Crippen LogP contribution in [0.1, 0.15) is 34.1 Å². The van der Waals surface area contributed by atoms with Gasteiger partial charge in [0.25, 0.3) is 5.91 Å². The molecule has 1 atom stereocenters. The van der Waals surface area contributed by atoms with Gasteiger partial charge in [0.2, 0.25) is 0 Å². The Balaban J connectivity index is 1.51. The van der Waals surface area contributed by atoms with Crippen molar-refractivity contribution in [1.82, 2.24) is 10.3 Å². The summed E-state index contributed by atoms with van der Waals surface area (Å²) < 4.78 is 5.22. The van der Waals surface area contributed by atoms with Crippen LogP contribution in [0.2, 0.25) is 0 Å². The second-order valence-corrected chi connectivity index (χ2v) is 8.05. The lowest BCUT2D eigenvalue weighted by atomic mass is 10.0. The highest BCUT2D eigenvalue weighted by Gasteiger charge is 2.34. The number of aromatic nitrogens is 1. The highest BCUT2D eigenvalue weighted by Crippen LogP contribution is 2.41. The van der Waals surface area contributed by atoms with E-state index >= 15 is 0 Å². The lowest BCUT2D eigenvalue weighted by molar-refractivity contribution is 0.0935. The lowest BCUT2D eigenvalue weighted by Gasteiger charge is -2.18. The fraction of sp³-hybridized carbons (Fsp3) is 0.263. The van der Waals surface area contributed by atoms with E-state index in [1.54, 1.807) is 24.6 Å². The van der Waals surface area contributed by atoms with Crippen LogP contribution in [0.4, 0.5) is 0 Å². The Hall–Kier alpha value is -2.18.